The largest absolute Gasteiger partial charge is 0.348 e. The summed E-state index contributed by atoms with van der Waals surface area (Å²) in [7, 11) is 0. The van der Waals surface area contributed by atoms with Gasteiger partial charge in [-0.3, -0.25) is 9.78 Å². The second kappa shape index (κ2) is 4.17. The van der Waals surface area contributed by atoms with Gasteiger partial charge in [-0.05, 0) is 32.2 Å². The molecule has 1 heterocycles. The van der Waals surface area contributed by atoms with Crippen molar-refractivity contribution < 1.29 is 4.79 Å². The number of aryl methyl sites for hydroxylation is 1. The number of nitrogens with zero attached hydrogens (tertiary/aromatic N) is 1. The summed E-state index contributed by atoms with van der Waals surface area (Å²) in [6.45, 7) is 5.87. The molecule has 0 saturated carbocycles. The molecule has 0 atom stereocenters. The lowest BCUT2D eigenvalue weighted by Crippen LogP contribution is -2.36. The second-order valence-electron chi connectivity index (χ2n) is 4.72. The Balaban J connectivity index is 2.71. The maximum Gasteiger partial charge on any atom is 0.207 e. The third-order valence-electron chi connectivity index (χ3n) is 2.88. The number of carbonyl (C=O) groups is 1. The van der Waals surface area contributed by atoms with Crippen molar-refractivity contribution in [2.24, 2.45) is 0 Å². The number of amides is 1. The molecule has 0 spiro atoms. The highest BCUT2D eigenvalue weighted by Gasteiger charge is 2.23. The molecular weight excluding hydrogens is 212 g/mol. The number of nitrogens with one attached hydrogen (secondary N) is 1. The minimum atomic E-state index is -0.465. The zero-order valence-corrected chi connectivity index (χ0v) is 10.3. The third-order valence-corrected chi connectivity index (χ3v) is 2.88. The van der Waals surface area contributed by atoms with Crippen LogP contribution in [0.15, 0.2) is 30.3 Å². The van der Waals surface area contributed by atoms with Crippen molar-refractivity contribution >= 4 is 17.2 Å². The zero-order valence-electron chi connectivity index (χ0n) is 10.3. The molecule has 1 amide bonds. The normalized spacial score (nSPS) is 11.5. The van der Waals surface area contributed by atoms with Gasteiger partial charge in [-0.15, -0.1) is 0 Å². The van der Waals surface area contributed by atoms with Gasteiger partial charge in [0, 0.05) is 11.1 Å². The Bertz CT molecular complexity index is 561. The van der Waals surface area contributed by atoms with E-state index in [2.05, 4.69) is 22.4 Å². The molecule has 0 bridgehead atoms. The van der Waals surface area contributed by atoms with E-state index in [1.807, 2.05) is 39.0 Å². The molecule has 0 radical (unpaired) electrons. The van der Waals surface area contributed by atoms with Gasteiger partial charge in [-0.25, -0.2) is 0 Å². The van der Waals surface area contributed by atoms with E-state index in [9.17, 15) is 4.79 Å². The number of fused-ring (bicyclic) bond motifs is 1. The van der Waals surface area contributed by atoms with Gasteiger partial charge in [-0.2, -0.15) is 0 Å². The van der Waals surface area contributed by atoms with Gasteiger partial charge in [0.15, 0.2) is 0 Å². The summed E-state index contributed by atoms with van der Waals surface area (Å²) in [5.74, 6) is 0. The molecule has 0 aliphatic carbocycles. The Morgan fingerprint density at radius 1 is 1.29 bits per heavy atom. The van der Waals surface area contributed by atoms with E-state index in [0.717, 1.165) is 28.6 Å². The summed E-state index contributed by atoms with van der Waals surface area (Å²) in [6, 6.07) is 10.1. The van der Waals surface area contributed by atoms with Gasteiger partial charge in [0.1, 0.15) is 0 Å². The SMILES string of the molecule is Cc1cc2ccccc2c(C(C)(C)NC=O)n1. The Morgan fingerprint density at radius 2 is 2.00 bits per heavy atom. The third kappa shape index (κ3) is 2.13. The standard InChI is InChI=1S/C14H16N2O/c1-10-8-11-6-4-5-7-12(11)13(16-10)14(2,3)15-9-17/h4-9H,1-3H3,(H,15,17). The number of carbonyl (C=O) groups excluding carboxylic acids is 1. The lowest BCUT2D eigenvalue weighted by molar-refractivity contribution is -0.111. The number of aromatic nitrogens is 1. The molecule has 1 N–H and O–H groups in total. The summed E-state index contributed by atoms with van der Waals surface area (Å²) >= 11 is 0. The number of hydrogen-bond donors (Lipinski definition) is 1. The smallest absolute Gasteiger partial charge is 0.207 e. The molecular formula is C14H16N2O. The predicted octanol–water partition coefficient (Wildman–Crippen LogP) is 2.52. The molecule has 1 aromatic heterocycles. The second-order valence-corrected chi connectivity index (χ2v) is 4.72. The molecule has 17 heavy (non-hydrogen) atoms. The van der Waals surface area contributed by atoms with E-state index in [0.29, 0.717) is 0 Å². The van der Waals surface area contributed by atoms with Crippen LogP contribution in [0.5, 0.6) is 0 Å². The van der Waals surface area contributed by atoms with Gasteiger partial charge < -0.3 is 5.32 Å². The van der Waals surface area contributed by atoms with Crippen molar-refractivity contribution in [1.29, 1.82) is 0 Å². The van der Waals surface area contributed by atoms with Crippen molar-refractivity contribution in [3.63, 3.8) is 0 Å². The van der Waals surface area contributed by atoms with Crippen molar-refractivity contribution in [2.45, 2.75) is 26.3 Å². The lowest BCUT2D eigenvalue weighted by atomic mass is 9.94. The van der Waals surface area contributed by atoms with E-state index in [-0.39, 0.29) is 0 Å². The molecule has 3 nitrogen and oxygen atoms in total. The molecule has 0 aliphatic rings. The van der Waals surface area contributed by atoms with Gasteiger partial charge in [0.25, 0.3) is 0 Å². The molecule has 88 valence electrons. The van der Waals surface area contributed by atoms with Crippen LogP contribution in [0.1, 0.15) is 25.2 Å². The molecule has 0 aliphatic heterocycles. The minimum Gasteiger partial charge on any atom is -0.348 e. The van der Waals surface area contributed by atoms with E-state index in [1.54, 1.807) is 0 Å². The van der Waals surface area contributed by atoms with Crippen LogP contribution in [0.3, 0.4) is 0 Å². The fraction of sp³-hybridized carbons (Fsp3) is 0.286. The van der Waals surface area contributed by atoms with Crippen molar-refractivity contribution in [2.75, 3.05) is 0 Å². The van der Waals surface area contributed by atoms with E-state index < -0.39 is 5.54 Å². The zero-order chi connectivity index (χ0) is 12.5. The Labute approximate surface area is 101 Å². The topological polar surface area (TPSA) is 42.0 Å². The molecule has 0 saturated heterocycles. The van der Waals surface area contributed by atoms with Crippen molar-refractivity contribution in [3.8, 4) is 0 Å². The van der Waals surface area contributed by atoms with Gasteiger partial charge in [0.05, 0.1) is 11.2 Å². The maximum absolute atomic E-state index is 10.7. The van der Waals surface area contributed by atoms with Crippen molar-refractivity contribution in [1.82, 2.24) is 10.3 Å². The molecule has 2 aromatic rings. The summed E-state index contributed by atoms with van der Waals surface area (Å²) < 4.78 is 0. The average Bonchev–Trinajstić information content (AvgIpc) is 2.27. The summed E-state index contributed by atoms with van der Waals surface area (Å²) in [4.78, 5) is 15.2. The number of hydrogen-bond acceptors (Lipinski definition) is 2. The fourth-order valence-electron chi connectivity index (χ4n) is 2.02. The number of benzene rings is 1. The molecule has 3 heteroatoms. The lowest BCUT2D eigenvalue weighted by Gasteiger charge is -2.25. The fourth-order valence-corrected chi connectivity index (χ4v) is 2.02. The highest BCUT2D eigenvalue weighted by atomic mass is 16.1. The first-order valence-electron chi connectivity index (χ1n) is 5.63. The first-order chi connectivity index (χ1) is 8.04. The van der Waals surface area contributed by atoms with Gasteiger partial charge in [0.2, 0.25) is 6.41 Å². The first kappa shape index (κ1) is 11.6. The van der Waals surface area contributed by atoms with Crippen LogP contribution in [-0.4, -0.2) is 11.4 Å². The van der Waals surface area contributed by atoms with E-state index in [4.69, 9.17) is 0 Å². The van der Waals surface area contributed by atoms with Crippen LogP contribution < -0.4 is 5.32 Å². The van der Waals surface area contributed by atoms with Crippen molar-refractivity contribution in [3.05, 3.63) is 41.7 Å². The highest BCUT2D eigenvalue weighted by molar-refractivity contribution is 5.85. The van der Waals surface area contributed by atoms with Gasteiger partial charge in [-0.1, -0.05) is 24.3 Å². The molecule has 0 unspecified atom stereocenters. The average molecular weight is 228 g/mol. The minimum absolute atomic E-state index is 0.465. The van der Waals surface area contributed by atoms with Crippen LogP contribution in [0.25, 0.3) is 10.8 Å². The Kier molecular flexibility index (Phi) is 2.84. The van der Waals surface area contributed by atoms with Crippen LogP contribution in [0, 0.1) is 6.92 Å². The summed E-state index contributed by atoms with van der Waals surface area (Å²) in [5.41, 5.74) is 1.40. The monoisotopic (exact) mass is 228 g/mol. The number of pyridine rings is 1. The summed E-state index contributed by atoms with van der Waals surface area (Å²) in [5, 5.41) is 5.04. The van der Waals surface area contributed by atoms with Crippen LogP contribution in [-0.2, 0) is 10.3 Å². The van der Waals surface area contributed by atoms with Crippen LogP contribution in [0.4, 0.5) is 0 Å². The highest BCUT2D eigenvalue weighted by Crippen LogP contribution is 2.26. The first-order valence-corrected chi connectivity index (χ1v) is 5.63. The van der Waals surface area contributed by atoms with Gasteiger partial charge >= 0.3 is 0 Å². The van der Waals surface area contributed by atoms with E-state index in [1.165, 1.54) is 0 Å². The molecule has 0 fully saturated rings. The molecule has 2 rings (SSSR count). The van der Waals surface area contributed by atoms with Crippen LogP contribution in [0.2, 0.25) is 0 Å². The predicted molar refractivity (Wildman–Crippen MR) is 68.7 cm³/mol. The number of rotatable bonds is 3. The molecule has 1 aromatic carbocycles. The van der Waals surface area contributed by atoms with Crippen LogP contribution >= 0.6 is 0 Å². The quantitative estimate of drug-likeness (QED) is 0.820. The Morgan fingerprint density at radius 3 is 2.71 bits per heavy atom. The maximum atomic E-state index is 10.7. The Hall–Kier alpha value is -1.90. The summed E-state index contributed by atoms with van der Waals surface area (Å²) in [6.07, 6.45) is 0.721. The van der Waals surface area contributed by atoms with E-state index >= 15 is 0 Å².